The first-order chi connectivity index (χ1) is 30.7. The molecule has 0 saturated carbocycles. The lowest BCUT2D eigenvalue weighted by Crippen LogP contribution is -1.94. The van der Waals surface area contributed by atoms with Gasteiger partial charge in [0.05, 0.1) is 22.1 Å². The Hall–Kier alpha value is -8.20. The Bertz CT molecular complexity index is 3620. The van der Waals surface area contributed by atoms with Crippen LogP contribution in [0.4, 0.5) is 0 Å². The fraction of sp³-hybridized carbons (Fsp3) is 0. The Labute approximate surface area is 358 Å². The number of rotatable bonds is 5. The van der Waals surface area contributed by atoms with Crippen LogP contribution in [0.3, 0.4) is 0 Å². The standard InChI is InChI=1S/C60H38N2/c1-2-13-47-41(12-1)28-33-52-49-19-11-18-48(51(49)35-34-50(47)52)44-37-42(39-24-29-45(30-25-39)61-57-20-7-3-14-53(57)54-15-4-8-21-58(54)61)36-43(38-44)40-26-31-46(32-27-40)62-59-22-9-5-16-55(59)56-17-6-10-23-60(56)62/h1-38H. The van der Waals surface area contributed by atoms with E-state index >= 15 is 0 Å². The third kappa shape index (κ3) is 5.30. The SMILES string of the molecule is c1ccc2c(c1)ccc1c3cccc(-c4cc(-c5ccc(-n6c7ccccc7c7ccccc76)cc5)cc(-c5ccc(-n6c7ccccc7c7ccccc76)cc5)c4)c3ccc21. The Morgan fingerprint density at radius 1 is 0.210 bits per heavy atom. The molecule has 11 aromatic carbocycles. The molecule has 2 heterocycles. The lowest BCUT2D eigenvalue weighted by atomic mass is 9.89. The molecule has 0 unspecified atom stereocenters. The summed E-state index contributed by atoms with van der Waals surface area (Å²) >= 11 is 0. The fourth-order valence-corrected chi connectivity index (χ4v) is 10.2. The van der Waals surface area contributed by atoms with Crippen LogP contribution in [0.5, 0.6) is 0 Å². The number of nitrogens with zero attached hydrogens (tertiary/aromatic N) is 2. The van der Waals surface area contributed by atoms with Gasteiger partial charge in [0.25, 0.3) is 0 Å². The van der Waals surface area contributed by atoms with E-state index in [2.05, 4.69) is 240 Å². The third-order valence-corrected chi connectivity index (χ3v) is 13.1. The second-order valence-electron chi connectivity index (χ2n) is 16.5. The monoisotopic (exact) mass is 786 g/mol. The topological polar surface area (TPSA) is 9.86 Å². The Balaban J connectivity index is 0.977. The van der Waals surface area contributed by atoms with Crippen LogP contribution < -0.4 is 0 Å². The lowest BCUT2D eigenvalue weighted by Gasteiger charge is -2.15. The van der Waals surface area contributed by atoms with E-state index in [4.69, 9.17) is 0 Å². The molecule has 0 saturated heterocycles. The van der Waals surface area contributed by atoms with Crippen LogP contribution in [0.2, 0.25) is 0 Å². The molecular weight excluding hydrogens is 749 g/mol. The van der Waals surface area contributed by atoms with Crippen molar-refractivity contribution in [1.82, 2.24) is 9.13 Å². The highest BCUT2D eigenvalue weighted by Crippen LogP contribution is 2.41. The molecule has 13 aromatic rings. The van der Waals surface area contributed by atoms with Gasteiger partial charge in [-0.15, -0.1) is 0 Å². The molecule has 2 heteroatoms. The van der Waals surface area contributed by atoms with Crippen molar-refractivity contribution in [2.75, 3.05) is 0 Å². The maximum atomic E-state index is 2.39. The van der Waals surface area contributed by atoms with Crippen LogP contribution in [-0.2, 0) is 0 Å². The van der Waals surface area contributed by atoms with Gasteiger partial charge < -0.3 is 9.13 Å². The summed E-state index contributed by atoms with van der Waals surface area (Å²) in [5, 5.41) is 12.7. The second-order valence-corrected chi connectivity index (χ2v) is 16.5. The fourth-order valence-electron chi connectivity index (χ4n) is 10.2. The zero-order valence-electron chi connectivity index (χ0n) is 33.8. The Kier molecular flexibility index (Phi) is 7.64. The molecule has 0 aliphatic carbocycles. The molecule has 0 aliphatic rings. The largest absolute Gasteiger partial charge is 0.309 e. The molecular formula is C60H38N2. The van der Waals surface area contributed by atoms with Gasteiger partial charge in [-0.05, 0) is 132 Å². The van der Waals surface area contributed by atoms with Crippen LogP contribution in [0.25, 0.3) is 121 Å². The summed E-state index contributed by atoms with van der Waals surface area (Å²) in [5.74, 6) is 0. The summed E-state index contributed by atoms with van der Waals surface area (Å²) in [7, 11) is 0. The smallest absolute Gasteiger partial charge is 0.0541 e. The number of fused-ring (bicyclic) bond motifs is 11. The van der Waals surface area contributed by atoms with Crippen molar-refractivity contribution in [3.63, 3.8) is 0 Å². The van der Waals surface area contributed by atoms with Gasteiger partial charge in [-0.1, -0.05) is 164 Å². The van der Waals surface area contributed by atoms with Crippen molar-refractivity contribution in [3.05, 3.63) is 231 Å². The van der Waals surface area contributed by atoms with Gasteiger partial charge >= 0.3 is 0 Å². The molecule has 0 aliphatic heterocycles. The zero-order valence-corrected chi connectivity index (χ0v) is 33.8. The van der Waals surface area contributed by atoms with E-state index in [1.807, 2.05) is 0 Å². The van der Waals surface area contributed by atoms with Gasteiger partial charge in [0.1, 0.15) is 0 Å². The van der Waals surface area contributed by atoms with Gasteiger partial charge in [0, 0.05) is 32.9 Å². The predicted octanol–water partition coefficient (Wildman–Crippen LogP) is 16.3. The number of aromatic nitrogens is 2. The van der Waals surface area contributed by atoms with E-state index < -0.39 is 0 Å². The van der Waals surface area contributed by atoms with Crippen LogP contribution in [0.1, 0.15) is 0 Å². The summed E-state index contributed by atoms with van der Waals surface area (Å²) in [6.45, 7) is 0. The summed E-state index contributed by atoms with van der Waals surface area (Å²) in [5.41, 5.74) is 14.3. The van der Waals surface area contributed by atoms with E-state index in [0.29, 0.717) is 0 Å². The maximum absolute atomic E-state index is 2.39. The van der Waals surface area contributed by atoms with Gasteiger partial charge in [0.15, 0.2) is 0 Å². The molecule has 0 fully saturated rings. The van der Waals surface area contributed by atoms with Crippen molar-refractivity contribution in [3.8, 4) is 44.8 Å². The minimum absolute atomic E-state index is 1.15. The second kappa shape index (κ2) is 13.7. The molecule has 0 bridgehead atoms. The van der Waals surface area contributed by atoms with Crippen LogP contribution in [0.15, 0.2) is 231 Å². The van der Waals surface area contributed by atoms with Crippen LogP contribution >= 0.6 is 0 Å². The lowest BCUT2D eigenvalue weighted by molar-refractivity contribution is 1.18. The molecule has 2 nitrogen and oxygen atoms in total. The molecule has 0 atom stereocenters. The number of hydrogen-bond acceptors (Lipinski definition) is 0. The molecule has 62 heavy (non-hydrogen) atoms. The average molecular weight is 787 g/mol. The minimum Gasteiger partial charge on any atom is -0.309 e. The Morgan fingerprint density at radius 2 is 0.581 bits per heavy atom. The first-order valence-corrected chi connectivity index (χ1v) is 21.4. The highest BCUT2D eigenvalue weighted by molar-refractivity contribution is 6.19. The van der Waals surface area contributed by atoms with Gasteiger partial charge in [0.2, 0.25) is 0 Å². The molecule has 0 amide bonds. The van der Waals surface area contributed by atoms with Crippen molar-refractivity contribution in [2.24, 2.45) is 0 Å². The summed E-state index contributed by atoms with van der Waals surface area (Å²) < 4.78 is 4.78. The van der Waals surface area contributed by atoms with E-state index in [1.54, 1.807) is 0 Å². The van der Waals surface area contributed by atoms with Crippen molar-refractivity contribution in [1.29, 1.82) is 0 Å². The van der Waals surface area contributed by atoms with E-state index in [-0.39, 0.29) is 0 Å². The quantitative estimate of drug-likeness (QED) is 0.154. The summed E-state index contributed by atoms with van der Waals surface area (Å²) in [6.07, 6.45) is 0. The Morgan fingerprint density at radius 3 is 1.10 bits per heavy atom. The number of hydrogen-bond donors (Lipinski definition) is 0. The number of para-hydroxylation sites is 4. The average Bonchev–Trinajstić information content (AvgIpc) is 3.87. The van der Waals surface area contributed by atoms with Crippen molar-refractivity contribution in [2.45, 2.75) is 0 Å². The van der Waals surface area contributed by atoms with Gasteiger partial charge in [-0.25, -0.2) is 0 Å². The molecule has 0 N–H and O–H groups in total. The van der Waals surface area contributed by atoms with Crippen molar-refractivity contribution < 1.29 is 0 Å². The van der Waals surface area contributed by atoms with Gasteiger partial charge in [-0.2, -0.15) is 0 Å². The van der Waals surface area contributed by atoms with Gasteiger partial charge in [-0.3, -0.25) is 0 Å². The van der Waals surface area contributed by atoms with Crippen LogP contribution in [-0.4, -0.2) is 9.13 Å². The predicted molar refractivity (Wildman–Crippen MR) is 264 cm³/mol. The van der Waals surface area contributed by atoms with E-state index in [0.717, 1.165) is 11.4 Å². The molecule has 288 valence electrons. The normalized spacial score (nSPS) is 11.9. The highest BCUT2D eigenvalue weighted by atomic mass is 15.0. The summed E-state index contributed by atoms with van der Waals surface area (Å²) in [6, 6.07) is 84.9. The van der Waals surface area contributed by atoms with Crippen LogP contribution in [0, 0.1) is 0 Å². The first kappa shape index (κ1) is 34.6. The van der Waals surface area contributed by atoms with E-state index in [1.165, 1.54) is 109 Å². The van der Waals surface area contributed by atoms with E-state index in [9.17, 15) is 0 Å². The maximum Gasteiger partial charge on any atom is 0.0541 e. The molecule has 0 spiro atoms. The third-order valence-electron chi connectivity index (χ3n) is 13.1. The first-order valence-electron chi connectivity index (χ1n) is 21.4. The van der Waals surface area contributed by atoms with Crippen molar-refractivity contribution >= 4 is 75.9 Å². The summed E-state index contributed by atoms with van der Waals surface area (Å²) in [4.78, 5) is 0. The molecule has 0 radical (unpaired) electrons. The zero-order chi connectivity index (χ0) is 40.7. The molecule has 13 rings (SSSR count). The highest BCUT2D eigenvalue weighted by Gasteiger charge is 2.16. The minimum atomic E-state index is 1.15. The molecule has 2 aromatic heterocycles. The number of benzene rings is 11.